The normalized spacial score (nSPS) is 10.9. The molecule has 0 spiro atoms. The molecule has 1 radical (unpaired) electrons. The molecule has 4 nitrogen and oxygen atoms in total. The summed E-state index contributed by atoms with van der Waals surface area (Å²) in [5.41, 5.74) is 2.32. The second kappa shape index (κ2) is 6.79. The van der Waals surface area contributed by atoms with Crippen LogP contribution in [-0.2, 0) is 19.4 Å². The lowest BCUT2D eigenvalue weighted by molar-refractivity contribution is 0.643. The third kappa shape index (κ3) is 3.99. The maximum absolute atomic E-state index is 4.43. The van der Waals surface area contributed by atoms with Crippen LogP contribution in [-0.4, -0.2) is 19.5 Å². The number of aromatic nitrogens is 4. The first kappa shape index (κ1) is 13.5. The molecule has 3 rings (SSSR count). The molecule has 0 bridgehead atoms. The Morgan fingerprint density at radius 3 is 2.67 bits per heavy atom. The molecule has 0 unspecified atom stereocenters. The van der Waals surface area contributed by atoms with Crippen LogP contribution in [0.2, 0.25) is 0 Å². The molecule has 3 aromatic rings. The highest BCUT2D eigenvalue weighted by Crippen LogP contribution is 2.17. The molecule has 105 valence electrons. The van der Waals surface area contributed by atoms with Crippen molar-refractivity contribution in [1.29, 1.82) is 0 Å². The van der Waals surface area contributed by atoms with E-state index >= 15 is 0 Å². The Balaban J connectivity index is 1.74. The molecule has 0 atom stereocenters. The van der Waals surface area contributed by atoms with Crippen molar-refractivity contribution >= 4 is 0 Å². The Kier molecular flexibility index (Phi) is 4.36. The van der Waals surface area contributed by atoms with Crippen LogP contribution in [0.5, 0.6) is 0 Å². The predicted octanol–water partition coefficient (Wildman–Crippen LogP) is 2.73. The summed E-state index contributed by atoms with van der Waals surface area (Å²) in [5, 5.41) is 0. The highest BCUT2D eigenvalue weighted by Gasteiger charge is 2.13. The van der Waals surface area contributed by atoms with Crippen molar-refractivity contribution in [3.8, 4) is 0 Å². The van der Waals surface area contributed by atoms with Gasteiger partial charge in [0.1, 0.15) is 0 Å². The Labute approximate surface area is 124 Å². The average Bonchev–Trinajstić information content (AvgIpc) is 3.02. The van der Waals surface area contributed by atoms with E-state index in [4.69, 9.17) is 0 Å². The largest absolute Gasteiger partial charge is 0.337 e. The van der Waals surface area contributed by atoms with Crippen molar-refractivity contribution in [3.63, 3.8) is 0 Å². The quantitative estimate of drug-likeness (QED) is 0.696. The molecule has 0 saturated heterocycles. The van der Waals surface area contributed by atoms with Gasteiger partial charge in [0.2, 0.25) is 0 Å². The number of imidazole rings is 1. The minimum Gasteiger partial charge on any atom is -0.337 e. The molecule has 0 fully saturated rings. The molecular weight excluding hydrogens is 260 g/mol. The summed E-state index contributed by atoms with van der Waals surface area (Å²) in [6.45, 7) is 0.853. The van der Waals surface area contributed by atoms with E-state index in [1.54, 1.807) is 6.20 Å². The lowest BCUT2D eigenvalue weighted by Gasteiger charge is -2.16. The third-order valence-corrected chi connectivity index (χ3v) is 3.30. The van der Waals surface area contributed by atoms with Crippen molar-refractivity contribution in [3.05, 3.63) is 84.8 Å². The van der Waals surface area contributed by atoms with E-state index in [2.05, 4.69) is 31.7 Å². The van der Waals surface area contributed by atoms with Gasteiger partial charge in [0.05, 0.1) is 6.33 Å². The van der Waals surface area contributed by atoms with E-state index in [0.717, 1.165) is 25.1 Å². The number of rotatable bonds is 6. The molecule has 4 heteroatoms. The smallest absolute Gasteiger partial charge is 0.0946 e. The standard InChI is InChI=1S/C17H17N4/c1-2-7-20-17(5-1)11-16(13-21-9-8-19-14-21)10-15-4-3-6-18-12-15/h1-9,12,14H,10-11,13H2. The molecule has 21 heavy (non-hydrogen) atoms. The first-order valence-electron chi connectivity index (χ1n) is 6.98. The fourth-order valence-corrected chi connectivity index (χ4v) is 2.36. The molecule has 0 amide bonds. The summed E-state index contributed by atoms with van der Waals surface area (Å²) in [7, 11) is 0. The Hall–Kier alpha value is -2.49. The van der Waals surface area contributed by atoms with Crippen LogP contribution in [0.25, 0.3) is 0 Å². The maximum Gasteiger partial charge on any atom is 0.0946 e. The lowest BCUT2D eigenvalue weighted by Crippen LogP contribution is -2.14. The van der Waals surface area contributed by atoms with Crippen molar-refractivity contribution < 1.29 is 0 Å². The van der Waals surface area contributed by atoms with Crippen molar-refractivity contribution in [1.82, 2.24) is 19.5 Å². The highest BCUT2D eigenvalue weighted by molar-refractivity contribution is 5.18. The van der Waals surface area contributed by atoms with Gasteiger partial charge < -0.3 is 4.57 Å². The van der Waals surface area contributed by atoms with E-state index in [1.165, 1.54) is 11.5 Å². The summed E-state index contributed by atoms with van der Waals surface area (Å²) >= 11 is 0. The van der Waals surface area contributed by atoms with Crippen LogP contribution < -0.4 is 0 Å². The van der Waals surface area contributed by atoms with E-state index in [9.17, 15) is 0 Å². The van der Waals surface area contributed by atoms with Gasteiger partial charge in [0.15, 0.2) is 0 Å². The summed E-state index contributed by atoms with van der Waals surface area (Å²) in [4.78, 5) is 12.7. The van der Waals surface area contributed by atoms with Crippen LogP contribution in [0.3, 0.4) is 0 Å². The predicted molar refractivity (Wildman–Crippen MR) is 81.4 cm³/mol. The Bertz CT molecular complexity index is 594. The third-order valence-electron chi connectivity index (χ3n) is 3.30. The first-order chi connectivity index (χ1) is 10.4. The van der Waals surface area contributed by atoms with Gasteiger partial charge >= 0.3 is 0 Å². The van der Waals surface area contributed by atoms with Crippen LogP contribution in [0.4, 0.5) is 0 Å². The van der Waals surface area contributed by atoms with Gasteiger partial charge in [-0.1, -0.05) is 12.1 Å². The van der Waals surface area contributed by atoms with Gasteiger partial charge in [-0.15, -0.1) is 0 Å². The second-order valence-corrected chi connectivity index (χ2v) is 5.02. The molecule has 3 aromatic heterocycles. The molecule has 0 saturated carbocycles. The minimum atomic E-state index is 0.853. The van der Waals surface area contributed by atoms with Crippen molar-refractivity contribution in [2.45, 2.75) is 19.4 Å². The summed E-state index contributed by atoms with van der Waals surface area (Å²) in [5.74, 6) is 1.39. The van der Waals surface area contributed by atoms with E-state index in [-0.39, 0.29) is 0 Å². The molecule has 0 aliphatic heterocycles. The Morgan fingerprint density at radius 1 is 0.952 bits per heavy atom. The zero-order valence-corrected chi connectivity index (χ0v) is 11.8. The lowest BCUT2D eigenvalue weighted by atomic mass is 9.95. The summed E-state index contributed by atoms with van der Waals surface area (Å²) in [6.07, 6.45) is 13.0. The van der Waals surface area contributed by atoms with Crippen LogP contribution in [0, 0.1) is 5.92 Å². The van der Waals surface area contributed by atoms with Crippen molar-refractivity contribution in [2.75, 3.05) is 0 Å². The zero-order valence-electron chi connectivity index (χ0n) is 11.8. The fourth-order valence-electron chi connectivity index (χ4n) is 2.36. The van der Waals surface area contributed by atoms with E-state index in [1.807, 2.05) is 49.3 Å². The van der Waals surface area contributed by atoms with E-state index in [0.29, 0.717) is 0 Å². The zero-order chi connectivity index (χ0) is 14.3. The molecule has 0 aliphatic carbocycles. The minimum absolute atomic E-state index is 0.853. The monoisotopic (exact) mass is 277 g/mol. The fraction of sp³-hybridized carbons (Fsp3) is 0.176. The molecule has 0 aromatic carbocycles. The molecule has 0 aliphatic rings. The van der Waals surface area contributed by atoms with Gasteiger partial charge in [-0.05, 0) is 36.6 Å². The van der Waals surface area contributed by atoms with Crippen LogP contribution in [0.1, 0.15) is 11.3 Å². The number of nitrogens with zero attached hydrogens (tertiary/aromatic N) is 4. The number of hydrogen-bond acceptors (Lipinski definition) is 3. The van der Waals surface area contributed by atoms with Gasteiger partial charge in [-0.3, -0.25) is 9.97 Å². The van der Waals surface area contributed by atoms with Crippen LogP contribution >= 0.6 is 0 Å². The molecule has 3 heterocycles. The van der Waals surface area contributed by atoms with E-state index < -0.39 is 0 Å². The topological polar surface area (TPSA) is 43.6 Å². The van der Waals surface area contributed by atoms with Gasteiger partial charge in [-0.25, -0.2) is 4.98 Å². The Morgan fingerprint density at radius 2 is 1.95 bits per heavy atom. The maximum atomic E-state index is 4.43. The van der Waals surface area contributed by atoms with Crippen molar-refractivity contribution in [2.24, 2.45) is 0 Å². The van der Waals surface area contributed by atoms with Gasteiger partial charge in [-0.2, -0.15) is 0 Å². The second-order valence-electron chi connectivity index (χ2n) is 5.02. The average molecular weight is 277 g/mol. The van der Waals surface area contributed by atoms with Crippen LogP contribution in [0.15, 0.2) is 67.6 Å². The summed E-state index contributed by atoms with van der Waals surface area (Å²) < 4.78 is 2.09. The summed E-state index contributed by atoms with van der Waals surface area (Å²) in [6, 6.07) is 10.1. The SMILES string of the molecule is c1ccc(C[C](Cc2cccnc2)Cn2ccnc2)nc1. The van der Waals surface area contributed by atoms with Gasteiger partial charge in [0.25, 0.3) is 0 Å². The number of pyridine rings is 2. The molecule has 0 N–H and O–H groups in total. The first-order valence-corrected chi connectivity index (χ1v) is 6.98. The number of hydrogen-bond donors (Lipinski definition) is 0. The molecular formula is C17H17N4. The van der Waals surface area contributed by atoms with Gasteiger partial charge in [0, 0.05) is 49.1 Å². The highest BCUT2D eigenvalue weighted by atomic mass is 15.0.